The van der Waals surface area contributed by atoms with E-state index in [1.807, 2.05) is 0 Å². The van der Waals surface area contributed by atoms with Gasteiger partial charge in [0, 0.05) is 19.2 Å². The number of hydrogen-bond donors (Lipinski definition) is 2. The molecular formula is C26H31F4N3O6S2. The number of alkyl halides is 4. The van der Waals surface area contributed by atoms with E-state index in [0.29, 0.717) is 11.1 Å². The molecule has 1 amide bonds. The zero-order valence-corrected chi connectivity index (χ0v) is 24.3. The normalized spacial score (nSPS) is 18.7. The van der Waals surface area contributed by atoms with Gasteiger partial charge in [0.15, 0.2) is 15.6 Å². The first-order chi connectivity index (χ1) is 18.6. The molecule has 2 aromatic carbocycles. The highest BCUT2D eigenvalue weighted by molar-refractivity contribution is 7.90. The number of halogens is 4. The van der Waals surface area contributed by atoms with Gasteiger partial charge in [-0.2, -0.15) is 17.5 Å². The van der Waals surface area contributed by atoms with E-state index in [9.17, 15) is 44.0 Å². The van der Waals surface area contributed by atoms with Crippen LogP contribution in [0.25, 0.3) is 11.1 Å². The van der Waals surface area contributed by atoms with E-state index < -0.39 is 74.5 Å². The molecule has 0 radical (unpaired) electrons. The van der Waals surface area contributed by atoms with E-state index in [4.69, 9.17) is 0 Å². The van der Waals surface area contributed by atoms with Crippen LogP contribution in [-0.2, 0) is 29.4 Å². The van der Waals surface area contributed by atoms with Gasteiger partial charge in [-0.3, -0.25) is 14.9 Å². The Hall–Kier alpha value is -2.88. The summed E-state index contributed by atoms with van der Waals surface area (Å²) in [5.74, 6) is -1.73. The number of amides is 1. The lowest BCUT2D eigenvalue weighted by atomic mass is 9.96. The van der Waals surface area contributed by atoms with Crippen molar-refractivity contribution in [3.05, 3.63) is 54.1 Å². The first-order valence-corrected chi connectivity index (χ1v) is 16.1. The maximum Gasteiger partial charge on any atom is 0.407 e. The number of carbonyl (C=O) groups excluding carboxylic acids is 2. The fraction of sp³-hybridized carbons (Fsp3) is 0.462. The van der Waals surface area contributed by atoms with Crippen molar-refractivity contribution in [1.29, 1.82) is 0 Å². The Morgan fingerprint density at radius 2 is 1.46 bits per heavy atom. The Balaban J connectivity index is 1.85. The highest BCUT2D eigenvalue weighted by Gasteiger charge is 2.45. The van der Waals surface area contributed by atoms with Crippen molar-refractivity contribution >= 4 is 31.6 Å². The van der Waals surface area contributed by atoms with Gasteiger partial charge in [-0.15, -0.1) is 0 Å². The molecule has 1 heterocycles. The van der Waals surface area contributed by atoms with Crippen LogP contribution in [0, 0.1) is 0 Å². The molecule has 9 nitrogen and oxygen atoms in total. The van der Waals surface area contributed by atoms with Crippen LogP contribution < -0.4 is 10.6 Å². The lowest BCUT2D eigenvalue weighted by Crippen LogP contribution is -2.54. The number of carbonyl (C=O) groups is 2. The van der Waals surface area contributed by atoms with E-state index in [1.165, 1.54) is 48.5 Å². The predicted molar refractivity (Wildman–Crippen MR) is 144 cm³/mol. The van der Waals surface area contributed by atoms with Gasteiger partial charge in [0.2, 0.25) is 15.9 Å². The number of benzene rings is 2. The molecule has 1 fully saturated rings. The van der Waals surface area contributed by atoms with E-state index in [0.717, 1.165) is 30.7 Å². The standard InChI is InChI=1S/C26H31F4N3O6S2/c1-25(2,27)13-20(24(35)32-21-14-33(15-22(21)34)41(4,38)39)31-23(26(28,29)30)18-7-5-16(6-8-18)17-9-11-19(12-10-17)40(3,36)37/h5-12,20-21,23,31H,13-15H2,1-4H3,(H,32,35)/t20-,21?,23-/m0/s1. The highest BCUT2D eigenvalue weighted by Crippen LogP contribution is 2.35. The molecule has 226 valence electrons. The Morgan fingerprint density at radius 1 is 0.951 bits per heavy atom. The van der Waals surface area contributed by atoms with Crippen LogP contribution in [0.3, 0.4) is 0 Å². The van der Waals surface area contributed by atoms with E-state index in [-0.39, 0.29) is 17.0 Å². The number of ketones is 1. The summed E-state index contributed by atoms with van der Waals surface area (Å²) in [6.07, 6.45) is -3.65. The number of sulfone groups is 1. The monoisotopic (exact) mass is 621 g/mol. The van der Waals surface area contributed by atoms with Crippen LogP contribution in [0.15, 0.2) is 53.4 Å². The summed E-state index contributed by atoms with van der Waals surface area (Å²) in [5, 5.41) is 4.47. The molecule has 0 bridgehead atoms. The molecule has 0 aliphatic carbocycles. The van der Waals surface area contributed by atoms with Crippen molar-refractivity contribution in [3.8, 4) is 11.1 Å². The summed E-state index contributed by atoms with van der Waals surface area (Å²) in [6, 6.07) is 5.55. The molecule has 1 aliphatic heterocycles. The van der Waals surface area contributed by atoms with Crippen molar-refractivity contribution in [3.63, 3.8) is 0 Å². The third-order valence-corrected chi connectivity index (χ3v) is 8.80. The second kappa shape index (κ2) is 11.8. The molecule has 15 heteroatoms. The van der Waals surface area contributed by atoms with Crippen LogP contribution in [0.2, 0.25) is 0 Å². The van der Waals surface area contributed by atoms with E-state index in [2.05, 4.69) is 10.6 Å². The summed E-state index contributed by atoms with van der Waals surface area (Å²) in [6.45, 7) is 1.30. The molecule has 3 rings (SSSR count). The minimum Gasteiger partial charge on any atom is -0.344 e. The summed E-state index contributed by atoms with van der Waals surface area (Å²) in [4.78, 5) is 25.4. The first-order valence-electron chi connectivity index (χ1n) is 12.4. The molecule has 3 atom stereocenters. The zero-order chi connectivity index (χ0) is 31.0. The first kappa shape index (κ1) is 32.6. The number of nitrogens with one attached hydrogen (secondary N) is 2. The number of sulfonamides is 1. The van der Waals surface area contributed by atoms with Gasteiger partial charge < -0.3 is 5.32 Å². The zero-order valence-electron chi connectivity index (χ0n) is 22.7. The number of rotatable bonds is 10. The van der Waals surface area contributed by atoms with Crippen LogP contribution >= 0.6 is 0 Å². The SMILES string of the molecule is CC(C)(F)C[C@H](N[C@@H](c1ccc(-c2ccc(S(C)(=O)=O)cc2)cc1)C(F)(F)F)C(=O)NC1CN(S(C)(=O)=O)CC1=O. The van der Waals surface area contributed by atoms with E-state index >= 15 is 0 Å². The summed E-state index contributed by atoms with van der Waals surface area (Å²) in [7, 11) is -7.18. The largest absolute Gasteiger partial charge is 0.407 e. The third kappa shape index (κ3) is 8.80. The molecule has 1 saturated heterocycles. The minimum absolute atomic E-state index is 0.0858. The Bertz CT molecular complexity index is 1490. The lowest BCUT2D eigenvalue weighted by molar-refractivity contribution is -0.161. The second-order valence-corrected chi connectivity index (χ2v) is 14.6. The van der Waals surface area contributed by atoms with Crippen molar-refractivity contribution in [1.82, 2.24) is 14.9 Å². The van der Waals surface area contributed by atoms with Crippen LogP contribution in [0.5, 0.6) is 0 Å². The van der Waals surface area contributed by atoms with Gasteiger partial charge in [-0.25, -0.2) is 21.2 Å². The maximum atomic E-state index is 14.6. The Labute approximate surface area is 236 Å². The smallest absolute Gasteiger partial charge is 0.344 e. The molecule has 0 saturated carbocycles. The average Bonchev–Trinajstić information content (AvgIpc) is 3.20. The number of hydrogen-bond acceptors (Lipinski definition) is 7. The molecule has 2 aromatic rings. The molecule has 0 aromatic heterocycles. The fourth-order valence-corrected chi connectivity index (χ4v) is 5.77. The van der Waals surface area contributed by atoms with E-state index in [1.54, 1.807) is 0 Å². The quantitative estimate of drug-likeness (QED) is 0.391. The van der Waals surface area contributed by atoms with Gasteiger partial charge in [-0.1, -0.05) is 36.4 Å². The van der Waals surface area contributed by atoms with Crippen LogP contribution in [0.1, 0.15) is 31.9 Å². The predicted octanol–water partition coefficient (Wildman–Crippen LogP) is 2.79. The second-order valence-electron chi connectivity index (χ2n) is 10.6. The molecule has 0 spiro atoms. The molecule has 1 unspecified atom stereocenters. The lowest BCUT2D eigenvalue weighted by Gasteiger charge is -2.30. The Kier molecular flexibility index (Phi) is 9.38. The molecule has 1 aliphatic rings. The van der Waals surface area contributed by atoms with Gasteiger partial charge in [0.1, 0.15) is 17.8 Å². The van der Waals surface area contributed by atoms with Gasteiger partial charge in [0.05, 0.1) is 23.7 Å². The van der Waals surface area contributed by atoms with Crippen LogP contribution in [0.4, 0.5) is 17.6 Å². The Morgan fingerprint density at radius 3 is 1.88 bits per heavy atom. The molecular weight excluding hydrogens is 590 g/mol. The van der Waals surface area contributed by atoms with Gasteiger partial charge in [0.25, 0.3) is 0 Å². The summed E-state index contributed by atoms with van der Waals surface area (Å²) < 4.78 is 105. The van der Waals surface area contributed by atoms with Crippen molar-refractivity contribution < 1.29 is 44.0 Å². The highest BCUT2D eigenvalue weighted by atomic mass is 32.2. The number of Topliss-reactive ketones (excluding diaryl/α,β-unsaturated/α-hetero) is 1. The summed E-state index contributed by atoms with van der Waals surface area (Å²) >= 11 is 0. The van der Waals surface area contributed by atoms with Gasteiger partial charge >= 0.3 is 6.18 Å². The van der Waals surface area contributed by atoms with Crippen molar-refractivity contribution in [2.75, 3.05) is 25.6 Å². The maximum absolute atomic E-state index is 14.6. The van der Waals surface area contributed by atoms with Crippen LogP contribution in [-0.4, -0.2) is 82.4 Å². The van der Waals surface area contributed by atoms with Gasteiger partial charge in [-0.05, 0) is 42.7 Å². The molecule has 41 heavy (non-hydrogen) atoms. The topological polar surface area (TPSA) is 130 Å². The summed E-state index contributed by atoms with van der Waals surface area (Å²) in [5.41, 5.74) is -1.29. The fourth-order valence-electron chi connectivity index (χ4n) is 4.36. The molecule has 2 N–H and O–H groups in total. The minimum atomic E-state index is -4.91. The number of nitrogens with zero attached hydrogens (tertiary/aromatic N) is 1. The average molecular weight is 622 g/mol. The third-order valence-electron chi connectivity index (χ3n) is 6.45. The van der Waals surface area contributed by atoms with Crippen molar-refractivity contribution in [2.24, 2.45) is 0 Å². The van der Waals surface area contributed by atoms with Crippen molar-refractivity contribution in [2.45, 2.75) is 55.1 Å².